The van der Waals surface area contributed by atoms with Crippen LogP contribution in [0.15, 0.2) is 0 Å². The fraction of sp³-hybridized carbons (Fsp3) is 0.786. The van der Waals surface area contributed by atoms with Crippen LogP contribution in [0, 0.1) is 5.41 Å². The molecule has 1 aromatic rings. The van der Waals surface area contributed by atoms with Gasteiger partial charge in [-0.2, -0.15) is 15.0 Å². The molecule has 0 aliphatic carbocycles. The summed E-state index contributed by atoms with van der Waals surface area (Å²) in [5, 5.41) is 6.51. The van der Waals surface area contributed by atoms with Gasteiger partial charge in [0.1, 0.15) is 0 Å². The second-order valence-corrected chi connectivity index (χ2v) is 5.98. The van der Waals surface area contributed by atoms with Gasteiger partial charge < -0.3 is 20.3 Å². The van der Waals surface area contributed by atoms with Crippen LogP contribution >= 0.6 is 0 Å². The third-order valence-electron chi connectivity index (χ3n) is 3.73. The van der Waals surface area contributed by atoms with Gasteiger partial charge in [-0.3, -0.25) is 0 Å². The molecule has 0 radical (unpaired) electrons. The summed E-state index contributed by atoms with van der Waals surface area (Å²) in [6, 6.07) is 0. The summed E-state index contributed by atoms with van der Waals surface area (Å²) in [6.45, 7) is 7.60. The zero-order chi connectivity index (χ0) is 15.3. The number of aromatic nitrogens is 3. The summed E-state index contributed by atoms with van der Waals surface area (Å²) in [4.78, 5) is 15.1. The Bertz CT molecular complexity index is 459. The van der Waals surface area contributed by atoms with Gasteiger partial charge in [-0.1, -0.05) is 6.92 Å². The number of nitrogens with zero attached hydrogens (tertiary/aromatic N) is 4. The Morgan fingerprint density at radius 3 is 2.29 bits per heavy atom. The molecule has 0 atom stereocenters. The Balaban J connectivity index is 2.07. The smallest absolute Gasteiger partial charge is 0.231 e. The average Bonchev–Trinajstić information content (AvgIpc) is 2.46. The summed E-state index contributed by atoms with van der Waals surface area (Å²) in [7, 11) is 3.85. The van der Waals surface area contributed by atoms with Crippen molar-refractivity contribution in [1.29, 1.82) is 0 Å². The van der Waals surface area contributed by atoms with E-state index in [2.05, 4.69) is 32.5 Å². The highest BCUT2D eigenvalue weighted by atomic mass is 16.5. The Hall–Kier alpha value is -1.63. The predicted molar refractivity (Wildman–Crippen MR) is 85.0 cm³/mol. The largest absolute Gasteiger partial charge is 0.381 e. The molecule has 2 heterocycles. The minimum Gasteiger partial charge on any atom is -0.381 e. The molecule has 0 amide bonds. The lowest BCUT2D eigenvalue weighted by molar-refractivity contribution is 0.0299. The maximum Gasteiger partial charge on any atom is 0.231 e. The van der Waals surface area contributed by atoms with E-state index in [4.69, 9.17) is 4.74 Å². The third-order valence-corrected chi connectivity index (χ3v) is 3.73. The molecule has 0 bridgehead atoms. The van der Waals surface area contributed by atoms with Gasteiger partial charge in [-0.15, -0.1) is 0 Å². The summed E-state index contributed by atoms with van der Waals surface area (Å²) in [5.74, 6) is 1.88. The monoisotopic (exact) mass is 294 g/mol. The summed E-state index contributed by atoms with van der Waals surface area (Å²) >= 11 is 0. The lowest BCUT2D eigenvalue weighted by atomic mass is 9.82. The van der Waals surface area contributed by atoms with Gasteiger partial charge >= 0.3 is 0 Å². The van der Waals surface area contributed by atoms with Gasteiger partial charge in [0.05, 0.1) is 0 Å². The fourth-order valence-corrected chi connectivity index (χ4v) is 2.21. The number of rotatable bonds is 6. The van der Waals surface area contributed by atoms with Crippen LogP contribution in [0.3, 0.4) is 0 Å². The van der Waals surface area contributed by atoms with Gasteiger partial charge in [0.25, 0.3) is 0 Å². The first-order chi connectivity index (χ1) is 10.0. The topological polar surface area (TPSA) is 75.2 Å². The van der Waals surface area contributed by atoms with Gasteiger partial charge in [0, 0.05) is 40.4 Å². The van der Waals surface area contributed by atoms with E-state index in [1.165, 1.54) is 0 Å². The zero-order valence-electron chi connectivity index (χ0n) is 13.4. The molecule has 1 fully saturated rings. The van der Waals surface area contributed by atoms with E-state index in [1.54, 1.807) is 0 Å². The fourth-order valence-electron chi connectivity index (χ4n) is 2.21. The van der Waals surface area contributed by atoms with Crippen molar-refractivity contribution >= 4 is 17.8 Å². The van der Waals surface area contributed by atoms with Gasteiger partial charge in [-0.05, 0) is 25.2 Å². The summed E-state index contributed by atoms with van der Waals surface area (Å²) in [6.07, 6.45) is 2.12. The number of nitrogens with one attached hydrogen (secondary N) is 2. The van der Waals surface area contributed by atoms with Gasteiger partial charge in [0.2, 0.25) is 17.8 Å². The summed E-state index contributed by atoms with van der Waals surface area (Å²) in [5.41, 5.74) is 0.238. The SMILES string of the molecule is CCNc1nc(NCC2(C)CCOCC2)nc(N(C)C)n1. The highest BCUT2D eigenvalue weighted by Crippen LogP contribution is 2.29. The van der Waals surface area contributed by atoms with Crippen LogP contribution in [0.1, 0.15) is 26.7 Å². The molecule has 0 spiro atoms. The van der Waals surface area contributed by atoms with Crippen molar-refractivity contribution in [2.24, 2.45) is 5.41 Å². The van der Waals surface area contributed by atoms with Crippen molar-refractivity contribution in [3.63, 3.8) is 0 Å². The van der Waals surface area contributed by atoms with Crippen molar-refractivity contribution in [3.8, 4) is 0 Å². The first-order valence-corrected chi connectivity index (χ1v) is 7.51. The quantitative estimate of drug-likeness (QED) is 0.825. The summed E-state index contributed by atoms with van der Waals surface area (Å²) < 4.78 is 5.43. The maximum atomic E-state index is 5.43. The van der Waals surface area contributed by atoms with E-state index >= 15 is 0 Å². The van der Waals surface area contributed by atoms with Crippen molar-refractivity contribution in [3.05, 3.63) is 0 Å². The number of hydrogen-bond acceptors (Lipinski definition) is 7. The second kappa shape index (κ2) is 6.89. The number of hydrogen-bond donors (Lipinski definition) is 2. The average molecular weight is 294 g/mol. The van der Waals surface area contributed by atoms with E-state index in [0.717, 1.165) is 39.1 Å². The highest BCUT2D eigenvalue weighted by Gasteiger charge is 2.27. The molecular weight excluding hydrogens is 268 g/mol. The predicted octanol–water partition coefficient (Wildman–Crippen LogP) is 1.60. The Labute approximate surface area is 126 Å². The standard InChI is InChI=1S/C14H26N6O/c1-5-15-11-17-12(19-13(18-11)20(3)4)16-10-14(2)6-8-21-9-7-14/h5-10H2,1-4H3,(H2,15,16,17,18,19). The van der Waals surface area contributed by atoms with Crippen LogP contribution < -0.4 is 15.5 Å². The molecule has 2 N–H and O–H groups in total. The molecule has 0 saturated carbocycles. The third kappa shape index (κ3) is 4.42. The van der Waals surface area contributed by atoms with Crippen molar-refractivity contribution in [1.82, 2.24) is 15.0 Å². The molecule has 0 unspecified atom stereocenters. The van der Waals surface area contributed by atoms with Crippen molar-refractivity contribution in [2.45, 2.75) is 26.7 Å². The minimum absolute atomic E-state index is 0.238. The van der Waals surface area contributed by atoms with E-state index in [0.29, 0.717) is 17.8 Å². The number of ether oxygens (including phenoxy) is 1. The van der Waals surface area contributed by atoms with E-state index < -0.39 is 0 Å². The van der Waals surface area contributed by atoms with Crippen LogP contribution in [-0.4, -0.2) is 55.4 Å². The lowest BCUT2D eigenvalue weighted by Gasteiger charge is -2.33. The van der Waals surface area contributed by atoms with Crippen LogP contribution in [0.5, 0.6) is 0 Å². The first-order valence-electron chi connectivity index (χ1n) is 7.51. The minimum atomic E-state index is 0.238. The van der Waals surface area contributed by atoms with Crippen LogP contribution in [0.25, 0.3) is 0 Å². The zero-order valence-corrected chi connectivity index (χ0v) is 13.4. The molecule has 2 rings (SSSR count). The molecule has 0 aromatic carbocycles. The molecular formula is C14H26N6O. The van der Waals surface area contributed by atoms with Crippen LogP contribution in [0.4, 0.5) is 17.8 Å². The molecule has 1 saturated heterocycles. The second-order valence-electron chi connectivity index (χ2n) is 5.98. The Morgan fingerprint density at radius 1 is 1.10 bits per heavy atom. The van der Waals surface area contributed by atoms with Gasteiger partial charge in [0.15, 0.2) is 0 Å². The maximum absolute atomic E-state index is 5.43. The first kappa shape index (κ1) is 15.8. The molecule has 21 heavy (non-hydrogen) atoms. The van der Waals surface area contributed by atoms with E-state index in [1.807, 2.05) is 25.9 Å². The van der Waals surface area contributed by atoms with Crippen LogP contribution in [0.2, 0.25) is 0 Å². The normalized spacial score (nSPS) is 17.3. The Kier molecular flexibility index (Phi) is 5.17. The molecule has 1 aliphatic heterocycles. The van der Waals surface area contributed by atoms with E-state index in [9.17, 15) is 0 Å². The number of anilines is 3. The molecule has 1 aromatic heterocycles. The van der Waals surface area contributed by atoms with Crippen molar-refractivity contribution < 1.29 is 4.74 Å². The van der Waals surface area contributed by atoms with Crippen LogP contribution in [-0.2, 0) is 4.74 Å². The van der Waals surface area contributed by atoms with E-state index in [-0.39, 0.29) is 5.41 Å². The highest BCUT2D eigenvalue weighted by molar-refractivity contribution is 5.42. The van der Waals surface area contributed by atoms with Gasteiger partial charge in [-0.25, -0.2) is 0 Å². The molecule has 7 heteroatoms. The Morgan fingerprint density at radius 2 is 1.71 bits per heavy atom. The molecule has 1 aliphatic rings. The molecule has 118 valence electrons. The molecule has 7 nitrogen and oxygen atoms in total. The lowest BCUT2D eigenvalue weighted by Crippen LogP contribution is -2.33. The van der Waals surface area contributed by atoms with Crippen molar-refractivity contribution in [2.75, 3.05) is 55.9 Å².